The number of sulfone groups is 2. The molecule has 0 radical (unpaired) electrons. The second-order valence-corrected chi connectivity index (χ2v) is 12.6. The van der Waals surface area contributed by atoms with Crippen LogP contribution in [0, 0.1) is 13.8 Å². The van der Waals surface area contributed by atoms with Crippen LogP contribution in [0.2, 0.25) is 0 Å². The summed E-state index contributed by atoms with van der Waals surface area (Å²) in [5.41, 5.74) is 2.81. The Morgan fingerprint density at radius 2 is 0.889 bits per heavy atom. The first-order valence-corrected chi connectivity index (χ1v) is 14.6. The maximum Gasteiger partial charge on any atom is 0.206 e. The zero-order valence-corrected chi connectivity index (χ0v) is 22.0. The minimum atomic E-state index is -3.62. The molecule has 0 aliphatic heterocycles. The Morgan fingerprint density at radius 3 is 1.25 bits per heavy atom. The molecule has 0 fully saturated rings. The van der Waals surface area contributed by atoms with Crippen molar-refractivity contribution in [2.24, 2.45) is 0 Å². The molecule has 0 aliphatic rings. The maximum absolute atomic E-state index is 12.9. The molecule has 7 heteroatoms. The molecule has 36 heavy (non-hydrogen) atoms. The van der Waals surface area contributed by atoms with Gasteiger partial charge in [-0.05, 0) is 86.5 Å². The van der Waals surface area contributed by atoms with Crippen molar-refractivity contribution < 1.29 is 21.6 Å². The van der Waals surface area contributed by atoms with Gasteiger partial charge >= 0.3 is 0 Å². The van der Waals surface area contributed by atoms with E-state index < -0.39 is 19.7 Å². The number of benzene rings is 4. The van der Waals surface area contributed by atoms with Gasteiger partial charge in [0.05, 0.1) is 19.6 Å². The van der Waals surface area contributed by atoms with E-state index in [1.54, 1.807) is 84.9 Å². The van der Waals surface area contributed by atoms with Crippen LogP contribution >= 0.6 is 0 Å². The van der Waals surface area contributed by atoms with Crippen LogP contribution in [-0.2, 0) is 19.7 Å². The number of ether oxygens (including phenoxy) is 1. The predicted octanol–water partition coefficient (Wildman–Crippen LogP) is 6.50. The number of hydrogen-bond donors (Lipinski definition) is 0. The van der Waals surface area contributed by atoms with Crippen molar-refractivity contribution in [3.05, 3.63) is 114 Å². The van der Waals surface area contributed by atoms with Gasteiger partial charge in [-0.2, -0.15) is 0 Å². The van der Waals surface area contributed by atoms with E-state index in [2.05, 4.69) is 0 Å². The highest BCUT2D eigenvalue weighted by Gasteiger charge is 2.20. The lowest BCUT2D eigenvalue weighted by molar-refractivity contribution is 0.201. The van der Waals surface area contributed by atoms with E-state index in [0.29, 0.717) is 12.2 Å². The van der Waals surface area contributed by atoms with Crippen LogP contribution in [0.5, 0.6) is 5.75 Å². The van der Waals surface area contributed by atoms with Crippen molar-refractivity contribution in [2.45, 2.75) is 52.9 Å². The first-order chi connectivity index (χ1) is 17.1. The topological polar surface area (TPSA) is 77.5 Å². The smallest absolute Gasteiger partial charge is 0.206 e. The molecule has 4 aromatic rings. The average molecular weight is 521 g/mol. The van der Waals surface area contributed by atoms with E-state index in [9.17, 15) is 16.8 Å². The van der Waals surface area contributed by atoms with Crippen molar-refractivity contribution in [2.75, 3.05) is 0 Å². The van der Waals surface area contributed by atoms with Crippen molar-refractivity contribution in [1.29, 1.82) is 0 Å². The fourth-order valence-corrected chi connectivity index (χ4v) is 6.34. The van der Waals surface area contributed by atoms with E-state index >= 15 is 0 Å². The SMILES string of the molecule is CCC(Oc1ccc(S(=O)(=O)c2ccc(C)cc2)cc1)c1ccc(S(=O)(=O)c2ccc(C)cc2)cc1. The van der Waals surface area contributed by atoms with E-state index in [1.807, 2.05) is 20.8 Å². The molecular formula is C29H28O5S2. The van der Waals surface area contributed by atoms with Gasteiger partial charge in [-0.3, -0.25) is 0 Å². The van der Waals surface area contributed by atoms with Gasteiger partial charge in [0.1, 0.15) is 11.9 Å². The zero-order valence-electron chi connectivity index (χ0n) is 20.4. The molecule has 186 valence electrons. The molecule has 4 aromatic carbocycles. The highest BCUT2D eigenvalue weighted by molar-refractivity contribution is 7.91. The molecule has 0 saturated carbocycles. The van der Waals surface area contributed by atoms with Crippen LogP contribution in [0.4, 0.5) is 0 Å². The fraction of sp³-hybridized carbons (Fsp3) is 0.172. The summed E-state index contributed by atoms with van der Waals surface area (Å²) in [7, 11) is -7.22. The second-order valence-electron chi connectivity index (χ2n) is 8.69. The van der Waals surface area contributed by atoms with Gasteiger partial charge in [0.25, 0.3) is 0 Å². The quantitative estimate of drug-likeness (QED) is 0.265. The van der Waals surface area contributed by atoms with Crippen LogP contribution in [-0.4, -0.2) is 16.8 Å². The van der Waals surface area contributed by atoms with Gasteiger partial charge in [0.15, 0.2) is 0 Å². The average Bonchev–Trinajstić information content (AvgIpc) is 2.88. The standard InChI is InChI=1S/C29H28O5S2/c1-4-29(23-9-17-27(18-10-23)35(30,31)25-13-5-21(2)6-14-25)34-24-11-19-28(20-12-24)36(32,33)26-15-7-22(3)8-16-26/h5-20,29H,4H2,1-3H3. The lowest BCUT2D eigenvalue weighted by Crippen LogP contribution is -2.08. The number of rotatable bonds is 8. The Hall–Kier alpha value is -3.42. The largest absolute Gasteiger partial charge is 0.486 e. The Balaban J connectivity index is 1.51. The third-order valence-electron chi connectivity index (χ3n) is 6.01. The van der Waals surface area contributed by atoms with E-state index in [1.165, 1.54) is 12.1 Å². The summed E-state index contributed by atoms with van der Waals surface area (Å²) in [6, 6.07) is 26.6. The second kappa shape index (κ2) is 10.3. The van der Waals surface area contributed by atoms with Gasteiger partial charge in [-0.25, -0.2) is 16.8 Å². The maximum atomic E-state index is 12.9. The molecule has 0 bridgehead atoms. The normalized spacial score (nSPS) is 12.8. The number of aryl methyl sites for hydroxylation is 2. The van der Waals surface area contributed by atoms with Crippen LogP contribution in [0.15, 0.2) is 117 Å². The van der Waals surface area contributed by atoms with E-state index in [-0.39, 0.29) is 25.7 Å². The first-order valence-electron chi connectivity index (χ1n) is 11.6. The lowest BCUT2D eigenvalue weighted by atomic mass is 10.1. The molecular weight excluding hydrogens is 492 g/mol. The van der Waals surface area contributed by atoms with Crippen molar-refractivity contribution >= 4 is 19.7 Å². The summed E-state index contributed by atoms with van der Waals surface area (Å²) < 4.78 is 57.8. The van der Waals surface area contributed by atoms with Crippen molar-refractivity contribution in [1.82, 2.24) is 0 Å². The van der Waals surface area contributed by atoms with E-state index in [4.69, 9.17) is 4.74 Å². The molecule has 0 heterocycles. The molecule has 0 N–H and O–H groups in total. The summed E-state index contributed by atoms with van der Waals surface area (Å²) in [5.74, 6) is 0.529. The molecule has 4 rings (SSSR count). The summed E-state index contributed by atoms with van der Waals surface area (Å²) >= 11 is 0. The summed E-state index contributed by atoms with van der Waals surface area (Å²) in [6.07, 6.45) is 0.327. The fourth-order valence-electron chi connectivity index (χ4n) is 3.82. The van der Waals surface area contributed by atoms with Crippen LogP contribution < -0.4 is 4.74 Å². The van der Waals surface area contributed by atoms with Crippen molar-refractivity contribution in [3.8, 4) is 5.75 Å². The molecule has 0 spiro atoms. The van der Waals surface area contributed by atoms with Crippen LogP contribution in [0.3, 0.4) is 0 Å². The van der Waals surface area contributed by atoms with Gasteiger partial charge < -0.3 is 4.74 Å². The predicted molar refractivity (Wildman–Crippen MR) is 140 cm³/mol. The Labute approximate surface area is 213 Å². The Kier molecular flexibility index (Phi) is 7.33. The first kappa shape index (κ1) is 25.7. The van der Waals surface area contributed by atoms with Gasteiger partial charge in [-0.15, -0.1) is 0 Å². The van der Waals surface area contributed by atoms with Gasteiger partial charge in [-0.1, -0.05) is 54.4 Å². The minimum absolute atomic E-state index is 0.192. The van der Waals surface area contributed by atoms with Crippen molar-refractivity contribution in [3.63, 3.8) is 0 Å². The minimum Gasteiger partial charge on any atom is -0.486 e. The van der Waals surface area contributed by atoms with Crippen LogP contribution in [0.25, 0.3) is 0 Å². The zero-order chi connectivity index (χ0) is 25.9. The monoisotopic (exact) mass is 520 g/mol. The highest BCUT2D eigenvalue weighted by Crippen LogP contribution is 2.29. The van der Waals surface area contributed by atoms with Gasteiger partial charge in [0.2, 0.25) is 19.7 Å². The van der Waals surface area contributed by atoms with E-state index in [0.717, 1.165) is 16.7 Å². The summed E-state index contributed by atoms with van der Waals surface area (Å²) in [6.45, 7) is 5.79. The third-order valence-corrected chi connectivity index (χ3v) is 9.58. The molecule has 5 nitrogen and oxygen atoms in total. The summed E-state index contributed by atoms with van der Waals surface area (Å²) in [5, 5.41) is 0. The third kappa shape index (κ3) is 5.37. The lowest BCUT2D eigenvalue weighted by Gasteiger charge is -2.19. The molecule has 1 unspecified atom stereocenters. The molecule has 1 atom stereocenters. The highest BCUT2D eigenvalue weighted by atomic mass is 32.2. The van der Waals surface area contributed by atoms with Crippen LogP contribution in [0.1, 0.15) is 36.1 Å². The molecule has 0 aromatic heterocycles. The summed E-state index contributed by atoms with van der Waals surface area (Å²) in [4.78, 5) is 0.909. The Morgan fingerprint density at radius 1 is 0.556 bits per heavy atom. The molecule has 0 saturated heterocycles. The Bertz CT molecular complexity index is 1540. The molecule has 0 amide bonds. The number of hydrogen-bond acceptors (Lipinski definition) is 5. The van der Waals surface area contributed by atoms with Gasteiger partial charge in [0, 0.05) is 0 Å². The molecule has 0 aliphatic carbocycles.